The molecule has 2 N–H and O–H groups in total. The maximum Gasteiger partial charge on any atom is 0.252 e. The first-order chi connectivity index (χ1) is 9.04. The minimum Gasteiger partial charge on any atom is -0.370 e. The Morgan fingerprint density at radius 1 is 1.37 bits per heavy atom. The normalized spacial score (nSPS) is 23.6. The topological polar surface area (TPSA) is 57.8 Å². The fraction of sp³-hybridized carbons (Fsp3) is 0.733. The lowest BCUT2D eigenvalue weighted by Gasteiger charge is -2.26. The van der Waals surface area contributed by atoms with E-state index in [2.05, 4.69) is 22.2 Å². The molecular formula is C15H25N3O. The van der Waals surface area contributed by atoms with Crippen LogP contribution in [0.3, 0.4) is 0 Å². The average Bonchev–Trinajstić information content (AvgIpc) is 2.37. The zero-order valence-corrected chi connectivity index (χ0v) is 12.2. The Hall–Kier alpha value is -1.32. The quantitative estimate of drug-likeness (QED) is 0.877. The van der Waals surface area contributed by atoms with Gasteiger partial charge in [0.1, 0.15) is 11.6 Å². The lowest BCUT2D eigenvalue weighted by atomic mass is 9.83. The number of aromatic nitrogens is 2. The number of aromatic amines is 1. The van der Waals surface area contributed by atoms with Crippen LogP contribution in [-0.4, -0.2) is 16.5 Å². The Bertz CT molecular complexity index is 459. The van der Waals surface area contributed by atoms with Gasteiger partial charge in [0.2, 0.25) is 0 Å². The molecule has 1 aliphatic carbocycles. The highest BCUT2D eigenvalue weighted by atomic mass is 16.1. The largest absolute Gasteiger partial charge is 0.370 e. The Morgan fingerprint density at radius 3 is 2.68 bits per heavy atom. The van der Waals surface area contributed by atoms with E-state index >= 15 is 0 Å². The van der Waals surface area contributed by atoms with Crippen LogP contribution in [0.2, 0.25) is 0 Å². The van der Waals surface area contributed by atoms with Crippen LogP contribution in [0, 0.1) is 11.8 Å². The molecule has 106 valence electrons. The molecule has 1 saturated carbocycles. The summed E-state index contributed by atoms with van der Waals surface area (Å²) in [5.41, 5.74) is -0.0709. The summed E-state index contributed by atoms with van der Waals surface area (Å²) < 4.78 is 0. The number of H-pyrrole nitrogens is 1. The monoisotopic (exact) mass is 263 g/mol. The first-order valence-corrected chi connectivity index (χ1v) is 7.39. The van der Waals surface area contributed by atoms with Crippen LogP contribution in [-0.2, 0) is 0 Å². The number of hydrogen-bond acceptors (Lipinski definition) is 3. The van der Waals surface area contributed by atoms with Crippen LogP contribution in [0.15, 0.2) is 10.9 Å². The highest BCUT2D eigenvalue weighted by Crippen LogP contribution is 2.28. The number of nitrogens with one attached hydrogen (secondary N) is 2. The molecule has 0 aromatic carbocycles. The summed E-state index contributed by atoms with van der Waals surface area (Å²) in [7, 11) is 0. The molecule has 0 saturated heterocycles. The molecule has 0 radical (unpaired) electrons. The van der Waals surface area contributed by atoms with Crippen molar-refractivity contribution >= 4 is 5.82 Å². The van der Waals surface area contributed by atoms with Crippen molar-refractivity contribution in [1.82, 2.24) is 9.97 Å². The summed E-state index contributed by atoms with van der Waals surface area (Å²) in [6.07, 6.45) is 5.22. The molecule has 0 unspecified atom stereocenters. The van der Waals surface area contributed by atoms with Gasteiger partial charge in [0, 0.05) is 18.5 Å². The molecule has 1 aromatic rings. The highest BCUT2D eigenvalue weighted by molar-refractivity contribution is 5.33. The Labute approximate surface area is 115 Å². The van der Waals surface area contributed by atoms with Crippen molar-refractivity contribution in [3.8, 4) is 0 Å². The maximum atomic E-state index is 11.6. The summed E-state index contributed by atoms with van der Waals surface area (Å²) in [6, 6.07) is 1.55. The second kappa shape index (κ2) is 6.22. The van der Waals surface area contributed by atoms with E-state index in [1.807, 2.05) is 13.8 Å². The van der Waals surface area contributed by atoms with Crippen LogP contribution in [0.5, 0.6) is 0 Å². The minimum absolute atomic E-state index is 0.0709. The van der Waals surface area contributed by atoms with Gasteiger partial charge in [0.05, 0.1) is 0 Å². The SMILES string of the molecule is CC1CCC(CNc2cc(=O)[nH]c(C(C)C)n2)CC1. The Morgan fingerprint density at radius 2 is 2.05 bits per heavy atom. The van der Waals surface area contributed by atoms with Crippen molar-refractivity contribution in [1.29, 1.82) is 0 Å². The van der Waals surface area contributed by atoms with E-state index in [1.54, 1.807) is 6.07 Å². The van der Waals surface area contributed by atoms with E-state index in [4.69, 9.17) is 0 Å². The Kier molecular flexibility index (Phi) is 4.61. The standard InChI is InChI=1S/C15H25N3O/c1-10(2)15-17-13(8-14(19)18-15)16-9-12-6-4-11(3)5-7-12/h8,10-12H,4-7,9H2,1-3H3,(H2,16,17,18,19). The van der Waals surface area contributed by atoms with Crippen molar-refractivity contribution in [3.05, 3.63) is 22.2 Å². The van der Waals surface area contributed by atoms with E-state index < -0.39 is 0 Å². The van der Waals surface area contributed by atoms with Crippen LogP contribution < -0.4 is 10.9 Å². The third-order valence-electron chi connectivity index (χ3n) is 4.01. The molecule has 0 spiro atoms. The second-order valence-corrected chi connectivity index (χ2v) is 6.18. The molecule has 1 heterocycles. The van der Waals surface area contributed by atoms with E-state index in [-0.39, 0.29) is 11.5 Å². The lowest BCUT2D eigenvalue weighted by molar-refractivity contribution is 0.300. The molecule has 19 heavy (non-hydrogen) atoms. The van der Waals surface area contributed by atoms with Gasteiger partial charge in [0.25, 0.3) is 5.56 Å². The summed E-state index contributed by atoms with van der Waals surface area (Å²) in [4.78, 5) is 18.8. The van der Waals surface area contributed by atoms with Gasteiger partial charge in [-0.2, -0.15) is 0 Å². The van der Waals surface area contributed by atoms with Crippen molar-refractivity contribution in [3.63, 3.8) is 0 Å². The third-order valence-corrected chi connectivity index (χ3v) is 4.01. The molecule has 0 atom stereocenters. The van der Waals surface area contributed by atoms with Crippen molar-refractivity contribution in [2.45, 2.75) is 52.4 Å². The van der Waals surface area contributed by atoms with E-state index in [0.717, 1.165) is 24.2 Å². The second-order valence-electron chi connectivity index (χ2n) is 6.18. The predicted molar refractivity (Wildman–Crippen MR) is 78.6 cm³/mol. The summed E-state index contributed by atoms with van der Waals surface area (Å²) in [5.74, 6) is 3.31. The van der Waals surface area contributed by atoms with E-state index in [0.29, 0.717) is 5.82 Å². The van der Waals surface area contributed by atoms with Gasteiger partial charge < -0.3 is 10.3 Å². The first kappa shape index (κ1) is 14.1. The Balaban J connectivity index is 1.94. The van der Waals surface area contributed by atoms with Gasteiger partial charge in [-0.1, -0.05) is 33.6 Å². The highest BCUT2D eigenvalue weighted by Gasteiger charge is 2.18. The lowest BCUT2D eigenvalue weighted by Crippen LogP contribution is -2.22. The fourth-order valence-corrected chi connectivity index (χ4v) is 2.62. The van der Waals surface area contributed by atoms with Crippen molar-refractivity contribution in [2.75, 3.05) is 11.9 Å². The average molecular weight is 263 g/mol. The molecule has 0 amide bonds. The van der Waals surface area contributed by atoms with Gasteiger partial charge >= 0.3 is 0 Å². The van der Waals surface area contributed by atoms with Crippen LogP contribution in [0.25, 0.3) is 0 Å². The number of nitrogens with zero attached hydrogens (tertiary/aromatic N) is 1. The van der Waals surface area contributed by atoms with Gasteiger partial charge in [-0.3, -0.25) is 4.79 Å². The maximum absolute atomic E-state index is 11.6. The predicted octanol–water partition coefficient (Wildman–Crippen LogP) is 3.13. The zero-order valence-electron chi connectivity index (χ0n) is 12.2. The van der Waals surface area contributed by atoms with Gasteiger partial charge in [-0.05, 0) is 24.7 Å². The van der Waals surface area contributed by atoms with E-state index in [9.17, 15) is 4.79 Å². The van der Waals surface area contributed by atoms with Crippen molar-refractivity contribution < 1.29 is 0 Å². The molecule has 1 aromatic heterocycles. The van der Waals surface area contributed by atoms with E-state index in [1.165, 1.54) is 25.7 Å². The smallest absolute Gasteiger partial charge is 0.252 e. The summed E-state index contributed by atoms with van der Waals surface area (Å²) in [5, 5.41) is 3.33. The molecule has 0 aliphatic heterocycles. The zero-order chi connectivity index (χ0) is 13.8. The van der Waals surface area contributed by atoms with Crippen LogP contribution in [0.1, 0.15) is 58.2 Å². The number of hydrogen-bond donors (Lipinski definition) is 2. The molecule has 2 rings (SSSR count). The summed E-state index contributed by atoms with van der Waals surface area (Å²) in [6.45, 7) is 7.33. The fourth-order valence-electron chi connectivity index (χ4n) is 2.62. The molecular weight excluding hydrogens is 238 g/mol. The van der Waals surface area contributed by atoms with Crippen molar-refractivity contribution in [2.24, 2.45) is 11.8 Å². The van der Waals surface area contributed by atoms with Crippen LogP contribution >= 0.6 is 0 Å². The number of rotatable bonds is 4. The minimum atomic E-state index is -0.0709. The molecule has 4 nitrogen and oxygen atoms in total. The summed E-state index contributed by atoms with van der Waals surface area (Å²) >= 11 is 0. The number of anilines is 1. The van der Waals surface area contributed by atoms with Gasteiger partial charge in [-0.25, -0.2) is 4.98 Å². The molecule has 1 fully saturated rings. The molecule has 4 heteroatoms. The van der Waals surface area contributed by atoms with Gasteiger partial charge in [0.15, 0.2) is 0 Å². The molecule has 1 aliphatic rings. The third kappa shape index (κ3) is 4.08. The molecule has 0 bridgehead atoms. The van der Waals surface area contributed by atoms with Gasteiger partial charge in [-0.15, -0.1) is 0 Å². The first-order valence-electron chi connectivity index (χ1n) is 7.39. The van der Waals surface area contributed by atoms with Crippen LogP contribution in [0.4, 0.5) is 5.82 Å².